The molecule has 0 aliphatic rings. The van der Waals surface area contributed by atoms with E-state index in [1.807, 2.05) is 6.92 Å². The number of carbonyl (C=O) groups is 2. The van der Waals surface area contributed by atoms with Crippen LogP contribution in [0.3, 0.4) is 0 Å². The van der Waals surface area contributed by atoms with E-state index in [1.165, 1.54) is 16.9 Å². The molecule has 0 unspecified atom stereocenters. The maximum Gasteiger partial charge on any atom is 0.356 e. The van der Waals surface area contributed by atoms with E-state index in [1.54, 1.807) is 24.3 Å². The summed E-state index contributed by atoms with van der Waals surface area (Å²) in [6, 6.07) is 7.95. The first-order chi connectivity index (χ1) is 12.3. The smallest absolute Gasteiger partial charge is 0.356 e. The molecule has 0 spiro atoms. The first-order valence-corrected chi connectivity index (χ1v) is 10.0. The maximum absolute atomic E-state index is 12.1. The average Bonchev–Trinajstić information content (AvgIpc) is 3.05. The largest absolute Gasteiger partial charge is 0.476 e. The van der Waals surface area contributed by atoms with Crippen molar-refractivity contribution in [1.29, 1.82) is 0 Å². The van der Waals surface area contributed by atoms with Gasteiger partial charge < -0.3 is 10.4 Å². The number of aromatic carboxylic acids is 1. The highest BCUT2D eigenvalue weighted by Gasteiger charge is 2.18. The third-order valence-electron chi connectivity index (χ3n) is 3.64. The van der Waals surface area contributed by atoms with Crippen LogP contribution >= 0.6 is 0 Å². The topological polar surface area (TPSA) is 118 Å². The van der Waals surface area contributed by atoms with E-state index in [0.29, 0.717) is 17.8 Å². The van der Waals surface area contributed by atoms with Gasteiger partial charge in [0.25, 0.3) is 0 Å². The molecule has 0 fully saturated rings. The first kappa shape index (κ1) is 19.6. The van der Waals surface area contributed by atoms with Gasteiger partial charge in [-0.25, -0.2) is 17.9 Å². The Kier molecular flexibility index (Phi) is 6.51. The van der Waals surface area contributed by atoms with E-state index in [-0.39, 0.29) is 11.4 Å². The van der Waals surface area contributed by atoms with Crippen molar-refractivity contribution in [3.63, 3.8) is 0 Å². The van der Waals surface area contributed by atoms with Crippen molar-refractivity contribution in [2.24, 2.45) is 0 Å². The highest BCUT2D eigenvalue weighted by molar-refractivity contribution is 7.92. The summed E-state index contributed by atoms with van der Waals surface area (Å²) in [4.78, 5) is 23.1. The van der Waals surface area contributed by atoms with Crippen molar-refractivity contribution in [3.8, 4) is 5.69 Å². The van der Waals surface area contributed by atoms with Crippen LogP contribution in [0.25, 0.3) is 5.69 Å². The van der Waals surface area contributed by atoms with E-state index in [9.17, 15) is 18.0 Å². The van der Waals surface area contributed by atoms with Crippen molar-refractivity contribution in [3.05, 3.63) is 42.2 Å². The summed E-state index contributed by atoms with van der Waals surface area (Å²) >= 11 is 0. The van der Waals surface area contributed by atoms with Gasteiger partial charge in [0, 0.05) is 6.20 Å². The second-order valence-electron chi connectivity index (χ2n) is 5.82. The van der Waals surface area contributed by atoms with Crippen molar-refractivity contribution in [2.75, 3.05) is 16.8 Å². The minimum Gasteiger partial charge on any atom is -0.476 e. The fourth-order valence-corrected chi connectivity index (χ4v) is 3.64. The minimum atomic E-state index is -3.47. The Morgan fingerprint density at radius 1 is 1.19 bits per heavy atom. The molecule has 2 aromatic rings. The van der Waals surface area contributed by atoms with Gasteiger partial charge in [-0.05, 0) is 24.6 Å². The normalized spacial score (nSPS) is 11.3. The number of benzene rings is 1. The molecule has 2 N–H and O–H groups in total. The van der Waals surface area contributed by atoms with E-state index < -0.39 is 27.5 Å². The molecular formula is C17H21N3O5S. The van der Waals surface area contributed by atoms with Crippen LogP contribution in [-0.4, -0.2) is 46.7 Å². The van der Waals surface area contributed by atoms with E-state index >= 15 is 0 Å². The van der Waals surface area contributed by atoms with E-state index in [4.69, 9.17) is 5.11 Å². The number of hydrogen-bond donors (Lipinski definition) is 2. The predicted octanol–water partition coefficient (Wildman–Crippen LogP) is 2.11. The minimum absolute atomic E-state index is 0.0168. The lowest BCUT2D eigenvalue weighted by atomic mass is 10.2. The molecule has 8 nitrogen and oxygen atoms in total. The van der Waals surface area contributed by atoms with Gasteiger partial charge in [0.15, 0.2) is 15.5 Å². The number of carboxylic acids is 1. The lowest BCUT2D eigenvalue weighted by Gasteiger charge is -2.11. The van der Waals surface area contributed by atoms with Crippen molar-refractivity contribution in [2.45, 2.75) is 26.2 Å². The molecule has 0 radical (unpaired) electrons. The van der Waals surface area contributed by atoms with Crippen LogP contribution in [0.2, 0.25) is 0 Å². The molecule has 1 aromatic carbocycles. The summed E-state index contributed by atoms with van der Waals surface area (Å²) in [6.07, 6.45) is 3.69. The SMILES string of the molecule is CCCCCS(=O)(=O)CC(=O)Nc1ccccc1-n1ccc(C(=O)O)n1. The van der Waals surface area contributed by atoms with Gasteiger partial charge in [0.2, 0.25) is 5.91 Å². The Morgan fingerprint density at radius 3 is 2.58 bits per heavy atom. The lowest BCUT2D eigenvalue weighted by Crippen LogP contribution is -2.25. The monoisotopic (exact) mass is 379 g/mol. The molecule has 1 amide bonds. The number of anilines is 1. The van der Waals surface area contributed by atoms with Crippen LogP contribution in [0, 0.1) is 0 Å². The Hall–Kier alpha value is -2.68. The fourth-order valence-electron chi connectivity index (χ4n) is 2.38. The number of carbonyl (C=O) groups excluding carboxylic acids is 1. The Labute approximate surface area is 151 Å². The van der Waals surface area contributed by atoms with Crippen LogP contribution in [0.4, 0.5) is 5.69 Å². The zero-order chi connectivity index (χ0) is 19.2. The van der Waals surface area contributed by atoms with Crippen LogP contribution in [0.15, 0.2) is 36.5 Å². The average molecular weight is 379 g/mol. The zero-order valence-electron chi connectivity index (χ0n) is 14.4. The predicted molar refractivity (Wildman–Crippen MR) is 97.3 cm³/mol. The number of carboxylic acid groups (broad SMARTS) is 1. The molecule has 0 aliphatic carbocycles. The van der Waals surface area contributed by atoms with Crippen molar-refractivity contribution >= 4 is 27.4 Å². The number of sulfone groups is 1. The van der Waals surface area contributed by atoms with Gasteiger partial charge in [-0.2, -0.15) is 5.10 Å². The second kappa shape index (κ2) is 8.61. The molecule has 0 bridgehead atoms. The molecule has 0 saturated carbocycles. The summed E-state index contributed by atoms with van der Waals surface area (Å²) in [5, 5.41) is 15.5. The Bertz CT molecular complexity index is 889. The lowest BCUT2D eigenvalue weighted by molar-refractivity contribution is -0.113. The number of amides is 1. The molecule has 1 heterocycles. The number of para-hydroxylation sites is 2. The van der Waals surface area contributed by atoms with Gasteiger partial charge in [-0.3, -0.25) is 4.79 Å². The summed E-state index contributed by atoms with van der Waals surface area (Å²) in [5.74, 6) is -2.41. The number of hydrogen-bond acceptors (Lipinski definition) is 5. The van der Waals surface area contributed by atoms with Crippen molar-refractivity contribution in [1.82, 2.24) is 9.78 Å². The van der Waals surface area contributed by atoms with Gasteiger partial charge in [-0.15, -0.1) is 0 Å². The van der Waals surface area contributed by atoms with Gasteiger partial charge >= 0.3 is 5.97 Å². The summed E-state index contributed by atoms with van der Waals surface area (Å²) < 4.78 is 25.3. The number of aromatic nitrogens is 2. The Morgan fingerprint density at radius 2 is 1.92 bits per heavy atom. The first-order valence-electron chi connectivity index (χ1n) is 8.21. The van der Waals surface area contributed by atoms with Crippen LogP contribution in [-0.2, 0) is 14.6 Å². The number of rotatable bonds is 9. The van der Waals surface area contributed by atoms with E-state index in [0.717, 1.165) is 12.8 Å². The van der Waals surface area contributed by atoms with Crippen LogP contribution < -0.4 is 5.32 Å². The second-order valence-corrected chi connectivity index (χ2v) is 8.00. The highest BCUT2D eigenvalue weighted by atomic mass is 32.2. The number of nitrogens with one attached hydrogen (secondary N) is 1. The highest BCUT2D eigenvalue weighted by Crippen LogP contribution is 2.19. The van der Waals surface area contributed by atoms with Gasteiger partial charge in [0.1, 0.15) is 5.75 Å². The Balaban J connectivity index is 2.12. The zero-order valence-corrected chi connectivity index (χ0v) is 15.2. The molecule has 1 aromatic heterocycles. The van der Waals surface area contributed by atoms with E-state index in [2.05, 4.69) is 10.4 Å². The van der Waals surface area contributed by atoms with Crippen molar-refractivity contribution < 1.29 is 23.1 Å². The molecule has 140 valence electrons. The third-order valence-corrected chi connectivity index (χ3v) is 5.26. The third kappa shape index (κ3) is 5.41. The molecule has 26 heavy (non-hydrogen) atoms. The van der Waals surface area contributed by atoms with Gasteiger partial charge in [-0.1, -0.05) is 31.9 Å². The van der Waals surface area contributed by atoms with Crippen LogP contribution in [0.5, 0.6) is 0 Å². The molecule has 2 rings (SSSR count). The van der Waals surface area contributed by atoms with Crippen LogP contribution in [0.1, 0.15) is 36.7 Å². The summed E-state index contributed by atoms with van der Waals surface area (Å²) in [5.41, 5.74) is 0.655. The fraction of sp³-hybridized carbons (Fsp3) is 0.353. The summed E-state index contributed by atoms with van der Waals surface area (Å²) in [6.45, 7) is 1.97. The molecule has 0 atom stereocenters. The van der Waals surface area contributed by atoms with Gasteiger partial charge in [0.05, 0.1) is 17.1 Å². The molecule has 9 heteroatoms. The maximum atomic E-state index is 12.1. The molecule has 0 saturated heterocycles. The standard InChI is InChI=1S/C17H21N3O5S/c1-2-3-6-11-26(24,25)12-16(21)18-13-7-4-5-8-15(13)20-10-9-14(19-20)17(22)23/h4-5,7-10H,2-3,6,11-12H2,1H3,(H,18,21)(H,22,23). The summed E-state index contributed by atoms with van der Waals surface area (Å²) in [7, 11) is -3.47. The number of nitrogens with zero attached hydrogens (tertiary/aromatic N) is 2. The molecule has 0 aliphatic heterocycles. The molecular weight excluding hydrogens is 358 g/mol. The quantitative estimate of drug-likeness (QED) is 0.644. The number of unbranched alkanes of at least 4 members (excludes halogenated alkanes) is 2.